The van der Waals surface area contributed by atoms with Crippen molar-refractivity contribution in [1.82, 2.24) is 9.97 Å². The van der Waals surface area contributed by atoms with Gasteiger partial charge in [0.15, 0.2) is 0 Å². The van der Waals surface area contributed by atoms with E-state index in [1.165, 1.54) is 6.07 Å². The van der Waals surface area contributed by atoms with Crippen molar-refractivity contribution in [2.45, 2.75) is 13.2 Å². The Morgan fingerprint density at radius 2 is 2.12 bits per heavy atom. The molecule has 0 amide bonds. The van der Waals surface area contributed by atoms with Gasteiger partial charge in [0, 0.05) is 24.4 Å². The minimum absolute atomic E-state index is 0.257. The fourth-order valence-electron chi connectivity index (χ4n) is 1.29. The van der Waals surface area contributed by atoms with Crippen molar-refractivity contribution in [2.75, 3.05) is 0 Å². The minimum atomic E-state index is -0.556. The Balaban J connectivity index is 1.97. The van der Waals surface area contributed by atoms with E-state index in [2.05, 4.69) is 9.97 Å². The fraction of sp³-hybridized carbons (Fsp3) is 0.167. The van der Waals surface area contributed by atoms with Crippen molar-refractivity contribution >= 4 is 0 Å². The summed E-state index contributed by atoms with van der Waals surface area (Å²) in [5.74, 6) is -0.299. The van der Waals surface area contributed by atoms with Gasteiger partial charge in [-0.15, -0.1) is 0 Å². The van der Waals surface area contributed by atoms with Gasteiger partial charge in [0.25, 0.3) is 0 Å². The van der Waals surface area contributed by atoms with Crippen molar-refractivity contribution < 1.29 is 9.13 Å². The van der Waals surface area contributed by atoms with Crippen molar-refractivity contribution in [3.05, 3.63) is 53.7 Å². The molecule has 0 fully saturated rings. The van der Waals surface area contributed by atoms with Crippen LogP contribution in [0.4, 0.5) is 4.39 Å². The zero-order chi connectivity index (χ0) is 12.1. The smallest absolute Gasteiger partial charge is 0.216 e. The van der Waals surface area contributed by atoms with Gasteiger partial charge in [-0.1, -0.05) is 12.1 Å². The molecule has 2 rings (SSSR count). The lowest BCUT2D eigenvalue weighted by molar-refractivity contribution is 0.288. The highest BCUT2D eigenvalue weighted by molar-refractivity contribution is 5.15. The van der Waals surface area contributed by atoms with E-state index in [0.717, 1.165) is 11.3 Å². The summed E-state index contributed by atoms with van der Waals surface area (Å²) in [6, 6.07) is 8.12. The molecule has 2 heterocycles. The third-order valence-corrected chi connectivity index (χ3v) is 2.17. The van der Waals surface area contributed by atoms with Crippen LogP contribution in [0.3, 0.4) is 0 Å². The summed E-state index contributed by atoms with van der Waals surface area (Å²) in [7, 11) is 0. The second kappa shape index (κ2) is 5.36. The number of ether oxygens (including phenoxy) is 1. The Kier molecular flexibility index (Phi) is 3.62. The Labute approximate surface area is 98.3 Å². The molecule has 0 bridgehead atoms. The van der Waals surface area contributed by atoms with E-state index in [-0.39, 0.29) is 5.88 Å². The quantitative estimate of drug-likeness (QED) is 0.816. The van der Waals surface area contributed by atoms with Crippen LogP contribution in [-0.2, 0) is 13.2 Å². The first-order chi connectivity index (χ1) is 8.28. The molecule has 2 aromatic rings. The Morgan fingerprint density at radius 1 is 1.24 bits per heavy atom. The van der Waals surface area contributed by atoms with Crippen LogP contribution in [0.25, 0.3) is 0 Å². The summed E-state index contributed by atoms with van der Waals surface area (Å²) in [6.45, 7) is 0.709. The number of nitrogens with zero attached hydrogens (tertiary/aromatic N) is 2. The van der Waals surface area contributed by atoms with Crippen LogP contribution >= 0.6 is 0 Å². The molecule has 0 spiro atoms. The Bertz CT molecular complexity index is 487. The molecule has 0 unspecified atom stereocenters. The lowest BCUT2D eigenvalue weighted by Crippen LogP contribution is -2.02. The fourth-order valence-corrected chi connectivity index (χ4v) is 1.29. The third-order valence-electron chi connectivity index (χ3n) is 2.17. The van der Waals surface area contributed by atoms with Gasteiger partial charge in [-0.2, -0.15) is 9.37 Å². The first-order valence-corrected chi connectivity index (χ1v) is 5.17. The molecular weight excluding hydrogens is 221 g/mol. The SMILES string of the molecule is NCc1ccc(COc2cccc(F)n2)cn1. The molecule has 5 heteroatoms. The monoisotopic (exact) mass is 233 g/mol. The molecule has 17 heavy (non-hydrogen) atoms. The normalized spacial score (nSPS) is 10.2. The van der Waals surface area contributed by atoms with E-state index in [4.69, 9.17) is 10.5 Å². The van der Waals surface area contributed by atoms with Crippen LogP contribution in [-0.4, -0.2) is 9.97 Å². The number of nitrogens with two attached hydrogens (primary N) is 1. The summed E-state index contributed by atoms with van der Waals surface area (Å²) < 4.78 is 18.1. The summed E-state index contributed by atoms with van der Waals surface area (Å²) in [5, 5.41) is 0. The molecule has 2 N–H and O–H groups in total. The maximum absolute atomic E-state index is 12.8. The van der Waals surface area contributed by atoms with Crippen LogP contribution in [0.2, 0.25) is 0 Å². The first kappa shape index (κ1) is 11.5. The molecule has 0 atom stereocenters. The highest BCUT2D eigenvalue weighted by Crippen LogP contribution is 2.09. The van der Waals surface area contributed by atoms with Gasteiger partial charge in [-0.25, -0.2) is 0 Å². The van der Waals surface area contributed by atoms with Crippen LogP contribution < -0.4 is 10.5 Å². The number of aromatic nitrogens is 2. The lowest BCUT2D eigenvalue weighted by atomic mass is 10.2. The number of pyridine rings is 2. The predicted molar refractivity (Wildman–Crippen MR) is 60.7 cm³/mol. The molecule has 0 saturated carbocycles. The number of hydrogen-bond acceptors (Lipinski definition) is 4. The van der Waals surface area contributed by atoms with Crippen LogP contribution in [0, 0.1) is 5.95 Å². The second-order valence-corrected chi connectivity index (χ2v) is 3.45. The molecule has 0 saturated heterocycles. The predicted octanol–water partition coefficient (Wildman–Crippen LogP) is 1.65. The van der Waals surface area contributed by atoms with Crippen LogP contribution in [0.15, 0.2) is 36.5 Å². The maximum Gasteiger partial charge on any atom is 0.216 e. The third kappa shape index (κ3) is 3.22. The average molecular weight is 233 g/mol. The van der Waals surface area contributed by atoms with Gasteiger partial charge in [-0.05, 0) is 12.1 Å². The standard InChI is InChI=1S/C12H12FN3O/c13-11-2-1-3-12(16-11)17-8-9-4-5-10(6-14)15-7-9/h1-5,7H,6,8,14H2. The summed E-state index contributed by atoms with van der Waals surface area (Å²) in [5.41, 5.74) is 7.14. The van der Waals surface area contributed by atoms with E-state index >= 15 is 0 Å². The number of hydrogen-bond donors (Lipinski definition) is 1. The Morgan fingerprint density at radius 3 is 2.76 bits per heavy atom. The minimum Gasteiger partial charge on any atom is -0.473 e. The first-order valence-electron chi connectivity index (χ1n) is 5.17. The van der Waals surface area contributed by atoms with Crippen molar-refractivity contribution in [3.63, 3.8) is 0 Å². The summed E-state index contributed by atoms with van der Waals surface area (Å²) in [4.78, 5) is 7.72. The molecule has 0 aliphatic heterocycles. The summed E-state index contributed by atoms with van der Waals surface area (Å²) >= 11 is 0. The average Bonchev–Trinajstić information content (AvgIpc) is 2.37. The highest BCUT2D eigenvalue weighted by Gasteiger charge is 1.99. The molecule has 2 aromatic heterocycles. The van der Waals surface area contributed by atoms with Gasteiger partial charge in [-0.3, -0.25) is 4.98 Å². The maximum atomic E-state index is 12.8. The zero-order valence-corrected chi connectivity index (χ0v) is 9.14. The van der Waals surface area contributed by atoms with Gasteiger partial charge < -0.3 is 10.5 Å². The van der Waals surface area contributed by atoms with Gasteiger partial charge in [0.1, 0.15) is 6.61 Å². The molecule has 0 aliphatic rings. The second-order valence-electron chi connectivity index (χ2n) is 3.45. The molecule has 4 nitrogen and oxygen atoms in total. The van der Waals surface area contributed by atoms with Crippen LogP contribution in [0.5, 0.6) is 5.88 Å². The molecule has 0 aliphatic carbocycles. The van der Waals surface area contributed by atoms with E-state index in [1.54, 1.807) is 18.3 Å². The van der Waals surface area contributed by atoms with E-state index in [9.17, 15) is 4.39 Å². The molecule has 0 aromatic carbocycles. The van der Waals surface area contributed by atoms with Gasteiger partial charge in [0.2, 0.25) is 11.8 Å². The lowest BCUT2D eigenvalue weighted by Gasteiger charge is -2.05. The van der Waals surface area contributed by atoms with Crippen molar-refractivity contribution in [1.29, 1.82) is 0 Å². The largest absolute Gasteiger partial charge is 0.473 e. The number of halogens is 1. The molecule has 0 radical (unpaired) electrons. The highest BCUT2D eigenvalue weighted by atomic mass is 19.1. The molecular formula is C12H12FN3O. The van der Waals surface area contributed by atoms with E-state index in [1.807, 2.05) is 12.1 Å². The molecule has 88 valence electrons. The van der Waals surface area contributed by atoms with Crippen molar-refractivity contribution in [2.24, 2.45) is 5.73 Å². The van der Waals surface area contributed by atoms with E-state index < -0.39 is 5.95 Å². The van der Waals surface area contributed by atoms with E-state index in [0.29, 0.717) is 13.2 Å². The Hall–Kier alpha value is -2.01. The van der Waals surface area contributed by atoms with Crippen LogP contribution in [0.1, 0.15) is 11.3 Å². The zero-order valence-electron chi connectivity index (χ0n) is 9.14. The van der Waals surface area contributed by atoms with Crippen molar-refractivity contribution in [3.8, 4) is 5.88 Å². The summed E-state index contributed by atoms with van der Waals surface area (Å²) in [6.07, 6.45) is 1.68. The van der Waals surface area contributed by atoms with Gasteiger partial charge in [0.05, 0.1) is 5.69 Å². The topological polar surface area (TPSA) is 61.0 Å². The van der Waals surface area contributed by atoms with Gasteiger partial charge >= 0.3 is 0 Å². The number of rotatable bonds is 4.